The van der Waals surface area contributed by atoms with E-state index in [4.69, 9.17) is 0 Å². The molecule has 0 aromatic heterocycles. The molecule has 3 rings (SSSR count). The van der Waals surface area contributed by atoms with Crippen molar-refractivity contribution in [2.24, 2.45) is 0 Å². The minimum absolute atomic E-state index is 1.17. The molecular formula is C13H13. The SMILES string of the molecule is [CH]1C=CCC2=C1CC1=C2CC=CC1. The van der Waals surface area contributed by atoms with E-state index in [1.807, 2.05) is 0 Å². The molecule has 1 radical (unpaired) electrons. The number of hydrogen-bond acceptors (Lipinski definition) is 0. The molecule has 13 heavy (non-hydrogen) atoms. The van der Waals surface area contributed by atoms with E-state index in [9.17, 15) is 0 Å². The topological polar surface area (TPSA) is 0 Å². The van der Waals surface area contributed by atoms with Gasteiger partial charge in [-0.05, 0) is 36.8 Å². The average molecular weight is 169 g/mol. The molecule has 0 nitrogen and oxygen atoms in total. The van der Waals surface area contributed by atoms with Gasteiger partial charge in [-0.2, -0.15) is 0 Å². The maximum Gasteiger partial charge on any atom is 0.00867 e. The zero-order valence-electron chi connectivity index (χ0n) is 7.72. The highest BCUT2D eigenvalue weighted by Gasteiger charge is 2.24. The van der Waals surface area contributed by atoms with Crippen LogP contribution in [0.15, 0.2) is 46.6 Å². The van der Waals surface area contributed by atoms with Gasteiger partial charge in [0.2, 0.25) is 0 Å². The lowest BCUT2D eigenvalue weighted by atomic mass is 9.93. The first-order valence-corrected chi connectivity index (χ1v) is 5.03. The largest absolute Gasteiger partial charge is 0.0841 e. The lowest BCUT2D eigenvalue weighted by molar-refractivity contribution is 1.02. The highest BCUT2D eigenvalue weighted by molar-refractivity contribution is 5.56. The van der Waals surface area contributed by atoms with Crippen molar-refractivity contribution in [3.63, 3.8) is 0 Å². The summed E-state index contributed by atoms with van der Waals surface area (Å²) in [6.07, 6.45) is 16.1. The molecule has 0 spiro atoms. The van der Waals surface area contributed by atoms with Gasteiger partial charge >= 0.3 is 0 Å². The molecule has 0 heteroatoms. The monoisotopic (exact) mass is 169 g/mol. The van der Waals surface area contributed by atoms with Crippen LogP contribution in [0.1, 0.15) is 25.7 Å². The van der Waals surface area contributed by atoms with Crippen LogP contribution in [0.5, 0.6) is 0 Å². The van der Waals surface area contributed by atoms with Gasteiger partial charge in [0.25, 0.3) is 0 Å². The number of hydrogen-bond donors (Lipinski definition) is 0. The third-order valence-electron chi connectivity index (χ3n) is 3.19. The molecule has 0 atom stereocenters. The Bertz CT molecular complexity index is 325. The first-order valence-electron chi connectivity index (χ1n) is 5.03. The highest BCUT2D eigenvalue weighted by Crippen LogP contribution is 2.42. The van der Waals surface area contributed by atoms with Crippen molar-refractivity contribution in [1.82, 2.24) is 0 Å². The van der Waals surface area contributed by atoms with E-state index < -0.39 is 0 Å². The van der Waals surface area contributed by atoms with E-state index in [2.05, 4.69) is 30.7 Å². The minimum atomic E-state index is 1.17. The molecule has 0 heterocycles. The van der Waals surface area contributed by atoms with Gasteiger partial charge in [0.15, 0.2) is 0 Å². The Morgan fingerprint density at radius 1 is 0.846 bits per heavy atom. The summed E-state index contributed by atoms with van der Waals surface area (Å²) in [5, 5.41) is 0. The molecular weight excluding hydrogens is 156 g/mol. The van der Waals surface area contributed by atoms with Gasteiger partial charge < -0.3 is 0 Å². The second kappa shape index (κ2) is 2.73. The van der Waals surface area contributed by atoms with Crippen LogP contribution in [0.3, 0.4) is 0 Å². The summed E-state index contributed by atoms with van der Waals surface area (Å²) in [5.74, 6) is 0. The lowest BCUT2D eigenvalue weighted by Crippen LogP contribution is -1.94. The summed E-state index contributed by atoms with van der Waals surface area (Å²) in [7, 11) is 0. The standard InChI is InChI=1S/C13H13/c1-3-7-12-10(5-1)9-11-6-2-4-8-13(11)12/h1-5H,6-9H2. The first kappa shape index (κ1) is 7.37. The van der Waals surface area contributed by atoms with Gasteiger partial charge in [0.05, 0.1) is 0 Å². The fraction of sp³-hybridized carbons (Fsp3) is 0.308. The Labute approximate surface area is 79.3 Å². The zero-order valence-corrected chi connectivity index (χ0v) is 7.72. The lowest BCUT2D eigenvalue weighted by Gasteiger charge is -2.13. The van der Waals surface area contributed by atoms with Gasteiger partial charge in [-0.25, -0.2) is 0 Å². The third kappa shape index (κ3) is 1.05. The Morgan fingerprint density at radius 2 is 1.69 bits per heavy atom. The van der Waals surface area contributed by atoms with E-state index >= 15 is 0 Å². The molecule has 0 aromatic rings. The van der Waals surface area contributed by atoms with Crippen LogP contribution in [0.2, 0.25) is 0 Å². The molecule has 0 N–H and O–H groups in total. The fourth-order valence-electron chi connectivity index (χ4n) is 2.52. The van der Waals surface area contributed by atoms with E-state index in [0.29, 0.717) is 0 Å². The van der Waals surface area contributed by atoms with Crippen molar-refractivity contribution < 1.29 is 0 Å². The first-order chi connectivity index (χ1) is 6.45. The van der Waals surface area contributed by atoms with Gasteiger partial charge in [0.1, 0.15) is 0 Å². The summed E-state index contributed by atoms with van der Waals surface area (Å²) in [6, 6.07) is 0. The van der Waals surface area contributed by atoms with Crippen molar-refractivity contribution >= 4 is 0 Å². The number of rotatable bonds is 0. The molecule has 0 fully saturated rings. The van der Waals surface area contributed by atoms with Gasteiger partial charge in [-0.3, -0.25) is 0 Å². The van der Waals surface area contributed by atoms with Crippen molar-refractivity contribution in [3.05, 3.63) is 53.0 Å². The Hall–Kier alpha value is -1.04. The number of allylic oxidation sites excluding steroid dienone is 8. The van der Waals surface area contributed by atoms with E-state index in [1.165, 1.54) is 25.7 Å². The predicted molar refractivity (Wildman–Crippen MR) is 55.1 cm³/mol. The van der Waals surface area contributed by atoms with Crippen molar-refractivity contribution in [3.8, 4) is 0 Å². The minimum Gasteiger partial charge on any atom is -0.0841 e. The maximum atomic E-state index is 2.31. The molecule has 3 aliphatic rings. The fourth-order valence-corrected chi connectivity index (χ4v) is 2.52. The molecule has 0 aliphatic heterocycles. The maximum absolute atomic E-state index is 2.31. The second-order valence-corrected chi connectivity index (χ2v) is 3.94. The summed E-state index contributed by atoms with van der Waals surface area (Å²) in [5.41, 5.74) is 6.53. The molecule has 0 unspecified atom stereocenters. The molecule has 0 saturated heterocycles. The molecule has 0 bridgehead atoms. The normalized spacial score (nSPS) is 25.2. The molecule has 0 aromatic carbocycles. The Balaban J connectivity index is 1.97. The second-order valence-electron chi connectivity index (χ2n) is 3.94. The Kier molecular flexibility index (Phi) is 1.55. The van der Waals surface area contributed by atoms with Crippen molar-refractivity contribution in [2.45, 2.75) is 25.7 Å². The third-order valence-corrected chi connectivity index (χ3v) is 3.19. The quantitative estimate of drug-likeness (QED) is 0.487. The van der Waals surface area contributed by atoms with Crippen LogP contribution in [0.4, 0.5) is 0 Å². The van der Waals surface area contributed by atoms with E-state index in [1.54, 1.807) is 22.3 Å². The smallest absolute Gasteiger partial charge is 0.00867 e. The van der Waals surface area contributed by atoms with Gasteiger partial charge in [0, 0.05) is 6.42 Å². The molecule has 3 aliphatic carbocycles. The average Bonchev–Trinajstić information content (AvgIpc) is 2.56. The zero-order chi connectivity index (χ0) is 8.67. The summed E-state index contributed by atoms with van der Waals surface area (Å²) < 4.78 is 0. The van der Waals surface area contributed by atoms with Gasteiger partial charge in [-0.1, -0.05) is 35.5 Å². The van der Waals surface area contributed by atoms with Crippen LogP contribution in [0.25, 0.3) is 0 Å². The number of fused-ring (bicyclic) bond motifs is 1. The van der Waals surface area contributed by atoms with E-state index in [0.717, 1.165) is 0 Å². The van der Waals surface area contributed by atoms with E-state index in [-0.39, 0.29) is 0 Å². The molecule has 0 saturated carbocycles. The molecule has 0 amide bonds. The van der Waals surface area contributed by atoms with Crippen LogP contribution >= 0.6 is 0 Å². The molecule has 65 valence electrons. The highest BCUT2D eigenvalue weighted by atomic mass is 14.3. The van der Waals surface area contributed by atoms with Crippen molar-refractivity contribution in [2.75, 3.05) is 0 Å². The van der Waals surface area contributed by atoms with Crippen LogP contribution in [0, 0.1) is 6.42 Å². The van der Waals surface area contributed by atoms with Crippen molar-refractivity contribution in [1.29, 1.82) is 0 Å². The van der Waals surface area contributed by atoms with Gasteiger partial charge in [-0.15, -0.1) is 0 Å². The van der Waals surface area contributed by atoms with Crippen LogP contribution in [-0.4, -0.2) is 0 Å². The summed E-state index contributed by atoms with van der Waals surface area (Å²) in [6.45, 7) is 0. The predicted octanol–water partition coefficient (Wildman–Crippen LogP) is 3.50. The Morgan fingerprint density at radius 3 is 2.69 bits per heavy atom. The van der Waals surface area contributed by atoms with Crippen LogP contribution in [-0.2, 0) is 0 Å². The summed E-state index contributed by atoms with van der Waals surface area (Å²) in [4.78, 5) is 0. The van der Waals surface area contributed by atoms with Crippen LogP contribution < -0.4 is 0 Å². The summed E-state index contributed by atoms with van der Waals surface area (Å²) >= 11 is 0.